The average molecular weight is 299 g/mol. The zero-order chi connectivity index (χ0) is 12.8. The van der Waals surface area contributed by atoms with Crippen LogP contribution in [0.1, 0.15) is 10.4 Å². The zero-order valence-electron chi connectivity index (χ0n) is 9.40. The Morgan fingerprint density at radius 2 is 2.29 bits per heavy atom. The Bertz CT molecular complexity index is 421. The number of nitrogen functional groups attached to an aromatic ring is 1. The third-order valence-corrected chi connectivity index (χ3v) is 3.15. The molecule has 0 heterocycles. The van der Waals surface area contributed by atoms with Crippen LogP contribution in [0.2, 0.25) is 0 Å². The molecule has 0 saturated carbocycles. The number of hydrogen-bond acceptors (Lipinski definition) is 3. The van der Waals surface area contributed by atoms with E-state index in [1.165, 1.54) is 4.90 Å². The topological polar surface area (TPSA) is 66.6 Å². The van der Waals surface area contributed by atoms with Crippen molar-refractivity contribution in [3.05, 3.63) is 40.9 Å². The van der Waals surface area contributed by atoms with Gasteiger partial charge in [-0.1, -0.05) is 12.1 Å². The molecule has 92 valence electrons. The molecule has 0 fully saturated rings. The third kappa shape index (κ3) is 3.31. The number of amides is 1. The first-order chi connectivity index (χ1) is 8.11. The van der Waals surface area contributed by atoms with Gasteiger partial charge in [-0.3, -0.25) is 4.79 Å². The van der Waals surface area contributed by atoms with Crippen molar-refractivity contribution in [3.63, 3.8) is 0 Å². The molecule has 0 aromatic heterocycles. The lowest BCUT2D eigenvalue weighted by Crippen LogP contribution is -2.34. The van der Waals surface area contributed by atoms with E-state index < -0.39 is 0 Å². The Balaban J connectivity index is 3.00. The maximum absolute atomic E-state index is 12.2. The predicted octanol–water partition coefficient (Wildman–Crippen LogP) is 1.65. The van der Waals surface area contributed by atoms with Crippen LogP contribution in [0.5, 0.6) is 0 Å². The number of carbonyl (C=O) groups is 1. The second-order valence-electron chi connectivity index (χ2n) is 3.47. The van der Waals surface area contributed by atoms with Gasteiger partial charge >= 0.3 is 0 Å². The second kappa shape index (κ2) is 6.42. The molecular formula is C12H15BrN2O2. The molecule has 3 N–H and O–H groups in total. The van der Waals surface area contributed by atoms with Gasteiger partial charge in [0.2, 0.25) is 0 Å². The van der Waals surface area contributed by atoms with Crippen LogP contribution in [-0.4, -0.2) is 35.6 Å². The Morgan fingerprint density at radius 3 is 2.88 bits per heavy atom. The summed E-state index contributed by atoms with van der Waals surface area (Å²) in [4.78, 5) is 13.7. The van der Waals surface area contributed by atoms with E-state index in [0.717, 1.165) is 0 Å². The van der Waals surface area contributed by atoms with Crippen LogP contribution < -0.4 is 5.73 Å². The van der Waals surface area contributed by atoms with E-state index >= 15 is 0 Å². The van der Waals surface area contributed by atoms with Crippen molar-refractivity contribution >= 4 is 27.5 Å². The first-order valence-electron chi connectivity index (χ1n) is 5.16. The van der Waals surface area contributed by atoms with Crippen molar-refractivity contribution in [1.82, 2.24) is 4.90 Å². The summed E-state index contributed by atoms with van der Waals surface area (Å²) in [6.45, 7) is 4.16. The highest BCUT2D eigenvalue weighted by atomic mass is 79.9. The summed E-state index contributed by atoms with van der Waals surface area (Å²) in [5.41, 5.74) is 6.72. The Labute approximate surface area is 109 Å². The lowest BCUT2D eigenvalue weighted by molar-refractivity contribution is 0.0742. The van der Waals surface area contributed by atoms with Gasteiger partial charge < -0.3 is 15.7 Å². The minimum atomic E-state index is -0.182. The van der Waals surface area contributed by atoms with Crippen molar-refractivity contribution in [2.45, 2.75) is 0 Å². The summed E-state index contributed by atoms with van der Waals surface area (Å²) in [6, 6.07) is 5.12. The van der Waals surface area contributed by atoms with Crippen LogP contribution in [0.3, 0.4) is 0 Å². The van der Waals surface area contributed by atoms with Gasteiger partial charge in [-0.25, -0.2) is 0 Å². The molecular weight excluding hydrogens is 284 g/mol. The summed E-state index contributed by atoms with van der Waals surface area (Å²) < 4.78 is 0.581. The highest BCUT2D eigenvalue weighted by Gasteiger charge is 2.17. The molecule has 1 aromatic carbocycles. The Hall–Kier alpha value is -1.33. The quantitative estimate of drug-likeness (QED) is 0.642. The lowest BCUT2D eigenvalue weighted by atomic mass is 10.1. The van der Waals surface area contributed by atoms with Crippen LogP contribution in [0.4, 0.5) is 5.69 Å². The highest BCUT2D eigenvalue weighted by molar-refractivity contribution is 9.10. The molecule has 0 bridgehead atoms. The van der Waals surface area contributed by atoms with Gasteiger partial charge in [0.05, 0.1) is 16.6 Å². The van der Waals surface area contributed by atoms with E-state index in [4.69, 9.17) is 10.8 Å². The number of nitrogens with two attached hydrogens (primary N) is 1. The molecule has 0 saturated heterocycles. The number of rotatable bonds is 5. The molecule has 0 spiro atoms. The van der Waals surface area contributed by atoms with E-state index in [2.05, 4.69) is 22.5 Å². The SMILES string of the molecule is C=CCN(CCO)C(=O)c1cccc(N)c1Br. The van der Waals surface area contributed by atoms with Crippen LogP contribution in [-0.2, 0) is 0 Å². The smallest absolute Gasteiger partial charge is 0.255 e. The molecule has 0 aliphatic rings. The monoisotopic (exact) mass is 298 g/mol. The molecule has 1 rings (SSSR count). The van der Waals surface area contributed by atoms with E-state index in [-0.39, 0.29) is 19.1 Å². The van der Waals surface area contributed by atoms with Crippen LogP contribution >= 0.6 is 15.9 Å². The summed E-state index contributed by atoms with van der Waals surface area (Å²) in [7, 11) is 0. The minimum absolute atomic E-state index is 0.0838. The maximum Gasteiger partial charge on any atom is 0.255 e. The molecule has 1 aromatic rings. The fourth-order valence-corrected chi connectivity index (χ4v) is 1.87. The third-order valence-electron chi connectivity index (χ3n) is 2.27. The average Bonchev–Trinajstić information content (AvgIpc) is 2.31. The van der Waals surface area contributed by atoms with E-state index in [1.54, 1.807) is 24.3 Å². The number of aliphatic hydroxyl groups is 1. The van der Waals surface area contributed by atoms with Crippen molar-refractivity contribution in [3.8, 4) is 0 Å². The molecule has 0 unspecified atom stereocenters. The van der Waals surface area contributed by atoms with Gasteiger partial charge in [0.1, 0.15) is 0 Å². The molecule has 5 heteroatoms. The van der Waals surface area contributed by atoms with Gasteiger partial charge in [-0.15, -0.1) is 6.58 Å². The maximum atomic E-state index is 12.2. The summed E-state index contributed by atoms with van der Waals surface area (Å²) in [5.74, 6) is -0.182. The van der Waals surface area contributed by atoms with Crippen molar-refractivity contribution in [2.75, 3.05) is 25.4 Å². The molecule has 0 radical (unpaired) electrons. The van der Waals surface area contributed by atoms with Gasteiger partial charge in [-0.2, -0.15) is 0 Å². The normalized spacial score (nSPS) is 10.0. The predicted molar refractivity (Wildman–Crippen MR) is 71.7 cm³/mol. The number of benzene rings is 1. The molecule has 1 amide bonds. The summed E-state index contributed by atoms with van der Waals surface area (Å²) >= 11 is 3.29. The number of hydrogen-bond donors (Lipinski definition) is 2. The molecule has 0 atom stereocenters. The molecule has 0 aliphatic carbocycles. The number of halogens is 1. The lowest BCUT2D eigenvalue weighted by Gasteiger charge is -2.20. The van der Waals surface area contributed by atoms with E-state index in [9.17, 15) is 4.79 Å². The summed E-state index contributed by atoms with van der Waals surface area (Å²) in [5, 5.41) is 8.92. The van der Waals surface area contributed by atoms with E-state index in [0.29, 0.717) is 22.3 Å². The Morgan fingerprint density at radius 1 is 1.59 bits per heavy atom. The van der Waals surface area contributed by atoms with Gasteiger partial charge in [0.15, 0.2) is 0 Å². The molecule has 17 heavy (non-hydrogen) atoms. The second-order valence-corrected chi connectivity index (χ2v) is 4.27. The van der Waals surface area contributed by atoms with Crippen LogP contribution in [0.25, 0.3) is 0 Å². The summed E-state index contributed by atoms with van der Waals surface area (Å²) in [6.07, 6.45) is 1.62. The number of carbonyl (C=O) groups excluding carboxylic acids is 1. The number of nitrogens with zero attached hydrogens (tertiary/aromatic N) is 1. The van der Waals surface area contributed by atoms with Crippen molar-refractivity contribution < 1.29 is 9.90 Å². The fraction of sp³-hybridized carbons (Fsp3) is 0.250. The van der Waals surface area contributed by atoms with E-state index in [1.807, 2.05) is 0 Å². The van der Waals surface area contributed by atoms with Gasteiger partial charge in [0, 0.05) is 18.8 Å². The first kappa shape index (κ1) is 13.7. The number of aliphatic hydroxyl groups excluding tert-OH is 1. The molecule has 0 aliphatic heterocycles. The minimum Gasteiger partial charge on any atom is -0.398 e. The van der Waals surface area contributed by atoms with Crippen LogP contribution in [0.15, 0.2) is 35.3 Å². The zero-order valence-corrected chi connectivity index (χ0v) is 11.0. The molecule has 4 nitrogen and oxygen atoms in total. The fourth-order valence-electron chi connectivity index (χ4n) is 1.44. The largest absolute Gasteiger partial charge is 0.398 e. The standard InChI is InChI=1S/C12H15BrN2O2/c1-2-6-15(7-8-16)12(17)9-4-3-5-10(14)11(9)13/h2-5,16H,1,6-8,14H2. The Kier molecular flexibility index (Phi) is 5.18. The van der Waals surface area contributed by atoms with Gasteiger partial charge in [-0.05, 0) is 28.1 Å². The first-order valence-corrected chi connectivity index (χ1v) is 5.96. The van der Waals surface area contributed by atoms with Crippen molar-refractivity contribution in [2.24, 2.45) is 0 Å². The highest BCUT2D eigenvalue weighted by Crippen LogP contribution is 2.24. The van der Waals surface area contributed by atoms with Gasteiger partial charge in [0.25, 0.3) is 5.91 Å². The van der Waals surface area contributed by atoms with Crippen molar-refractivity contribution in [1.29, 1.82) is 0 Å². The number of anilines is 1. The van der Waals surface area contributed by atoms with Crippen LogP contribution in [0, 0.1) is 0 Å².